The average Bonchev–Trinajstić information content (AvgIpc) is 2.73. The maximum Gasteiger partial charge on any atom is 0.325 e. The van der Waals surface area contributed by atoms with Gasteiger partial charge in [-0.15, -0.1) is 0 Å². The Balaban J connectivity index is 2.03. The number of ether oxygens (including phenoxy) is 4. The van der Waals surface area contributed by atoms with Gasteiger partial charge in [0.1, 0.15) is 13.2 Å². The van der Waals surface area contributed by atoms with Crippen molar-refractivity contribution in [3.63, 3.8) is 0 Å². The Morgan fingerprint density at radius 2 is 1.45 bits per heavy atom. The van der Waals surface area contributed by atoms with Gasteiger partial charge in [-0.05, 0) is 38.5 Å². The van der Waals surface area contributed by atoms with Crippen molar-refractivity contribution >= 4 is 11.9 Å². The van der Waals surface area contributed by atoms with Gasteiger partial charge in [-0.3, -0.25) is 9.59 Å². The van der Waals surface area contributed by atoms with E-state index in [1.54, 1.807) is 12.1 Å². The Hall–Kier alpha value is -3.22. The second-order valence-corrected chi connectivity index (χ2v) is 5.93. The lowest BCUT2D eigenvalue weighted by Gasteiger charge is -2.17. The number of amides is 1. The van der Waals surface area contributed by atoms with Gasteiger partial charge in [-0.2, -0.15) is 0 Å². The van der Waals surface area contributed by atoms with Crippen molar-refractivity contribution in [2.75, 3.05) is 26.4 Å². The summed E-state index contributed by atoms with van der Waals surface area (Å²) in [7, 11) is 0. The number of carbonyl (C=O) groups excluding carboxylic acids is 2. The smallest absolute Gasteiger partial charge is 0.325 e. The molecule has 2 rings (SSSR count). The molecule has 1 N–H and O–H groups in total. The molecule has 0 fully saturated rings. The lowest BCUT2D eigenvalue weighted by atomic mass is 10.1. The molecule has 0 atom stereocenters. The molecular formula is C22H27NO6. The lowest BCUT2D eigenvalue weighted by molar-refractivity contribution is -0.143. The van der Waals surface area contributed by atoms with Gasteiger partial charge < -0.3 is 24.3 Å². The lowest BCUT2D eigenvalue weighted by Crippen LogP contribution is -2.30. The molecule has 0 heterocycles. The number of hydrogen-bond donors (Lipinski definition) is 1. The molecule has 2 aromatic carbocycles. The van der Waals surface area contributed by atoms with E-state index in [9.17, 15) is 9.59 Å². The third-order valence-electron chi connectivity index (χ3n) is 3.81. The first-order valence-electron chi connectivity index (χ1n) is 9.63. The van der Waals surface area contributed by atoms with Crippen LogP contribution in [0.2, 0.25) is 0 Å². The molecule has 7 nitrogen and oxygen atoms in total. The summed E-state index contributed by atoms with van der Waals surface area (Å²) in [4.78, 5) is 24.5. The molecule has 0 radical (unpaired) electrons. The minimum atomic E-state index is -0.525. The Bertz CT molecular complexity index is 779. The fourth-order valence-electron chi connectivity index (χ4n) is 2.56. The first kappa shape index (κ1) is 22.1. The number of hydrogen-bond acceptors (Lipinski definition) is 6. The Morgan fingerprint density at radius 3 is 2.00 bits per heavy atom. The molecule has 0 aromatic heterocycles. The van der Waals surface area contributed by atoms with E-state index in [1.807, 2.05) is 51.1 Å². The van der Waals surface area contributed by atoms with Gasteiger partial charge in [0.25, 0.3) is 5.91 Å². The number of rotatable bonds is 11. The monoisotopic (exact) mass is 401 g/mol. The van der Waals surface area contributed by atoms with E-state index in [4.69, 9.17) is 18.9 Å². The van der Waals surface area contributed by atoms with Crippen molar-refractivity contribution in [1.29, 1.82) is 0 Å². The van der Waals surface area contributed by atoms with Crippen molar-refractivity contribution in [2.24, 2.45) is 0 Å². The van der Waals surface area contributed by atoms with Crippen LogP contribution in [0.5, 0.6) is 17.2 Å². The SMILES string of the molecule is CCOc1cc(C(=O)NCC(=O)OCc2ccccc2)cc(OCC)c1OCC. The zero-order chi connectivity index (χ0) is 21.1. The van der Waals surface area contributed by atoms with Crippen LogP contribution in [-0.4, -0.2) is 38.2 Å². The second kappa shape index (κ2) is 11.6. The van der Waals surface area contributed by atoms with Crippen molar-refractivity contribution in [2.45, 2.75) is 27.4 Å². The van der Waals surface area contributed by atoms with Crippen LogP contribution in [0.1, 0.15) is 36.7 Å². The maximum absolute atomic E-state index is 12.5. The fourth-order valence-corrected chi connectivity index (χ4v) is 2.56. The standard InChI is InChI=1S/C22H27NO6/c1-4-26-18-12-17(13-19(27-5-2)21(18)28-6-3)22(25)23-14-20(24)29-15-16-10-8-7-9-11-16/h7-13H,4-6,14-15H2,1-3H3,(H,23,25). The van der Waals surface area contributed by atoms with E-state index in [2.05, 4.69) is 5.32 Å². The van der Waals surface area contributed by atoms with Gasteiger partial charge in [0.2, 0.25) is 5.75 Å². The van der Waals surface area contributed by atoms with Crippen molar-refractivity contribution in [3.05, 3.63) is 53.6 Å². The predicted octanol–water partition coefficient (Wildman–Crippen LogP) is 3.36. The van der Waals surface area contributed by atoms with E-state index in [1.165, 1.54) is 0 Å². The van der Waals surface area contributed by atoms with Gasteiger partial charge in [0.05, 0.1) is 19.8 Å². The molecule has 0 aliphatic carbocycles. The molecular weight excluding hydrogens is 374 g/mol. The van der Waals surface area contributed by atoms with E-state index >= 15 is 0 Å². The van der Waals surface area contributed by atoms with E-state index < -0.39 is 11.9 Å². The van der Waals surface area contributed by atoms with Gasteiger partial charge in [-0.25, -0.2) is 0 Å². The molecule has 0 bridgehead atoms. The molecule has 7 heteroatoms. The van der Waals surface area contributed by atoms with E-state index in [-0.39, 0.29) is 13.2 Å². The van der Waals surface area contributed by atoms with Gasteiger partial charge in [0.15, 0.2) is 11.5 Å². The highest BCUT2D eigenvalue weighted by Crippen LogP contribution is 2.39. The summed E-state index contributed by atoms with van der Waals surface area (Å²) in [5.41, 5.74) is 1.18. The van der Waals surface area contributed by atoms with Gasteiger partial charge in [0, 0.05) is 5.56 Å². The molecule has 0 saturated heterocycles. The van der Waals surface area contributed by atoms with Crippen LogP contribution in [0.4, 0.5) is 0 Å². The van der Waals surface area contributed by atoms with E-state index in [0.29, 0.717) is 42.6 Å². The second-order valence-electron chi connectivity index (χ2n) is 5.93. The number of esters is 1. The quantitative estimate of drug-likeness (QED) is 0.582. The van der Waals surface area contributed by atoms with Gasteiger partial charge >= 0.3 is 5.97 Å². The fraction of sp³-hybridized carbons (Fsp3) is 0.364. The zero-order valence-electron chi connectivity index (χ0n) is 17.0. The largest absolute Gasteiger partial charge is 0.490 e. The summed E-state index contributed by atoms with van der Waals surface area (Å²) < 4.78 is 22.0. The average molecular weight is 401 g/mol. The Kier molecular flexibility index (Phi) is 8.82. The molecule has 0 aliphatic rings. The number of nitrogens with one attached hydrogen (secondary N) is 1. The van der Waals surface area contributed by atoms with Crippen LogP contribution >= 0.6 is 0 Å². The molecule has 0 saturated carbocycles. The van der Waals surface area contributed by atoms with Crippen LogP contribution in [0.3, 0.4) is 0 Å². The molecule has 0 spiro atoms. The Labute approximate surface area is 170 Å². The third kappa shape index (κ3) is 6.71. The third-order valence-corrected chi connectivity index (χ3v) is 3.81. The molecule has 1 amide bonds. The van der Waals surface area contributed by atoms with Crippen molar-refractivity contribution in [1.82, 2.24) is 5.32 Å². The molecule has 156 valence electrons. The highest BCUT2D eigenvalue weighted by molar-refractivity contribution is 5.97. The number of carbonyl (C=O) groups is 2. The molecule has 29 heavy (non-hydrogen) atoms. The highest BCUT2D eigenvalue weighted by atomic mass is 16.5. The summed E-state index contributed by atoms with van der Waals surface area (Å²) in [5.74, 6) is 0.319. The summed E-state index contributed by atoms with van der Waals surface area (Å²) in [5, 5.41) is 2.56. The molecule has 0 unspecified atom stereocenters. The summed E-state index contributed by atoms with van der Waals surface area (Å²) in [6.07, 6.45) is 0. The summed E-state index contributed by atoms with van der Waals surface area (Å²) in [6, 6.07) is 12.5. The summed E-state index contributed by atoms with van der Waals surface area (Å²) in [6.45, 7) is 6.68. The minimum Gasteiger partial charge on any atom is -0.490 e. The van der Waals surface area contributed by atoms with Crippen LogP contribution in [0, 0.1) is 0 Å². The first-order chi connectivity index (χ1) is 14.1. The number of benzene rings is 2. The molecule has 2 aromatic rings. The zero-order valence-corrected chi connectivity index (χ0v) is 17.0. The van der Waals surface area contributed by atoms with Crippen LogP contribution in [0.15, 0.2) is 42.5 Å². The van der Waals surface area contributed by atoms with E-state index in [0.717, 1.165) is 5.56 Å². The summed E-state index contributed by atoms with van der Waals surface area (Å²) >= 11 is 0. The van der Waals surface area contributed by atoms with Crippen molar-refractivity contribution in [3.8, 4) is 17.2 Å². The van der Waals surface area contributed by atoms with Crippen LogP contribution in [-0.2, 0) is 16.1 Å². The topological polar surface area (TPSA) is 83.1 Å². The minimum absolute atomic E-state index is 0.154. The normalized spacial score (nSPS) is 10.2. The van der Waals surface area contributed by atoms with Gasteiger partial charge in [-0.1, -0.05) is 30.3 Å². The van der Waals surface area contributed by atoms with Crippen molar-refractivity contribution < 1.29 is 28.5 Å². The Morgan fingerprint density at radius 1 is 0.862 bits per heavy atom. The van der Waals surface area contributed by atoms with Crippen LogP contribution in [0.25, 0.3) is 0 Å². The highest BCUT2D eigenvalue weighted by Gasteiger charge is 2.19. The maximum atomic E-state index is 12.5. The predicted molar refractivity (Wildman–Crippen MR) is 109 cm³/mol. The first-order valence-corrected chi connectivity index (χ1v) is 9.63. The molecule has 0 aliphatic heterocycles. The van der Waals surface area contributed by atoms with Crippen LogP contribution < -0.4 is 19.5 Å².